The molecule has 0 aliphatic carbocycles. The first-order valence-electron chi connectivity index (χ1n) is 8.44. The number of methoxy groups -OCH3 is 1. The van der Waals surface area contributed by atoms with Crippen LogP contribution in [-0.2, 0) is 4.79 Å². The van der Waals surface area contributed by atoms with Gasteiger partial charge in [0.2, 0.25) is 0 Å². The summed E-state index contributed by atoms with van der Waals surface area (Å²) in [6.45, 7) is 0. The van der Waals surface area contributed by atoms with Gasteiger partial charge in [0.15, 0.2) is 5.78 Å². The molecule has 0 fully saturated rings. The summed E-state index contributed by atoms with van der Waals surface area (Å²) in [5.41, 5.74) is 1.18. The average Bonchev–Trinajstić information content (AvgIpc) is 2.73. The van der Waals surface area contributed by atoms with Gasteiger partial charge in [-0.1, -0.05) is 18.2 Å². The molecule has 1 aromatic heterocycles. The first kappa shape index (κ1) is 19.0. The number of carbonyl (C=O) groups excluding carboxylic acids is 2. The van der Waals surface area contributed by atoms with Crippen LogP contribution in [0.3, 0.4) is 0 Å². The second-order valence-electron chi connectivity index (χ2n) is 5.87. The van der Waals surface area contributed by atoms with Gasteiger partial charge in [-0.3, -0.25) is 14.6 Å². The SMILES string of the molecule is COc1cccc(NC(=O)/C(=C/c2ccc(F)cc2)C(=O)c2cccnc2)c1. The second kappa shape index (κ2) is 8.73. The van der Waals surface area contributed by atoms with E-state index in [0.717, 1.165) is 0 Å². The Morgan fingerprint density at radius 2 is 1.86 bits per heavy atom. The lowest BCUT2D eigenvalue weighted by molar-refractivity contribution is -0.112. The van der Waals surface area contributed by atoms with Gasteiger partial charge in [-0.05, 0) is 48.0 Å². The molecule has 140 valence electrons. The Hall–Kier alpha value is -3.80. The fraction of sp³-hybridized carbons (Fsp3) is 0.0455. The highest BCUT2D eigenvalue weighted by molar-refractivity contribution is 6.31. The normalized spacial score (nSPS) is 11.0. The van der Waals surface area contributed by atoms with Crippen LogP contribution in [0.5, 0.6) is 5.75 Å². The Balaban J connectivity index is 1.96. The van der Waals surface area contributed by atoms with Gasteiger partial charge in [-0.2, -0.15) is 0 Å². The fourth-order valence-electron chi connectivity index (χ4n) is 2.51. The van der Waals surface area contributed by atoms with E-state index in [2.05, 4.69) is 10.3 Å². The number of amides is 1. The lowest BCUT2D eigenvalue weighted by Gasteiger charge is -2.10. The summed E-state index contributed by atoms with van der Waals surface area (Å²) >= 11 is 0. The third-order valence-electron chi connectivity index (χ3n) is 3.92. The van der Waals surface area contributed by atoms with Crippen LogP contribution in [0.15, 0.2) is 78.6 Å². The smallest absolute Gasteiger partial charge is 0.259 e. The zero-order valence-corrected chi connectivity index (χ0v) is 15.1. The molecule has 28 heavy (non-hydrogen) atoms. The molecule has 1 amide bonds. The maximum absolute atomic E-state index is 13.2. The van der Waals surface area contributed by atoms with Gasteiger partial charge in [-0.15, -0.1) is 0 Å². The molecule has 0 saturated heterocycles. The number of Topliss-reactive ketones (excluding diaryl/α,β-unsaturated/α-hetero) is 1. The number of pyridine rings is 1. The van der Waals surface area contributed by atoms with Crippen molar-refractivity contribution in [3.8, 4) is 5.75 Å². The zero-order chi connectivity index (χ0) is 19.9. The Morgan fingerprint density at radius 3 is 2.54 bits per heavy atom. The number of aromatic nitrogens is 1. The summed E-state index contributed by atoms with van der Waals surface area (Å²) in [6.07, 6.45) is 4.35. The fourth-order valence-corrected chi connectivity index (χ4v) is 2.51. The Bertz CT molecular complexity index is 1020. The largest absolute Gasteiger partial charge is 0.497 e. The number of nitrogens with one attached hydrogen (secondary N) is 1. The van der Waals surface area contributed by atoms with Crippen LogP contribution in [-0.4, -0.2) is 23.8 Å². The standard InChI is InChI=1S/C22H17FN2O3/c1-28-19-6-2-5-18(13-19)25-22(27)20(12-15-7-9-17(23)10-8-15)21(26)16-4-3-11-24-14-16/h2-14H,1H3,(H,25,27)/b20-12+. The van der Waals surface area contributed by atoms with Crippen LogP contribution < -0.4 is 10.1 Å². The van der Waals surface area contributed by atoms with Crippen LogP contribution in [0, 0.1) is 5.82 Å². The summed E-state index contributed by atoms with van der Waals surface area (Å²) < 4.78 is 18.3. The molecule has 0 unspecified atom stereocenters. The minimum absolute atomic E-state index is 0.0950. The van der Waals surface area contributed by atoms with Gasteiger partial charge in [0.1, 0.15) is 11.6 Å². The monoisotopic (exact) mass is 376 g/mol. The summed E-state index contributed by atoms with van der Waals surface area (Å²) in [7, 11) is 1.52. The van der Waals surface area contributed by atoms with Crippen molar-refractivity contribution in [1.29, 1.82) is 0 Å². The van der Waals surface area contributed by atoms with Crippen molar-refractivity contribution in [2.75, 3.05) is 12.4 Å². The third kappa shape index (κ3) is 4.67. The molecule has 3 aromatic rings. The molecule has 0 saturated carbocycles. The Morgan fingerprint density at radius 1 is 1.07 bits per heavy atom. The lowest BCUT2D eigenvalue weighted by atomic mass is 10.0. The summed E-state index contributed by atoms with van der Waals surface area (Å²) in [5, 5.41) is 2.70. The van der Waals surface area contributed by atoms with E-state index >= 15 is 0 Å². The predicted molar refractivity (Wildman–Crippen MR) is 105 cm³/mol. The van der Waals surface area contributed by atoms with Crippen molar-refractivity contribution in [3.05, 3.63) is 95.6 Å². The van der Waals surface area contributed by atoms with E-state index in [0.29, 0.717) is 17.0 Å². The van der Waals surface area contributed by atoms with Crippen LogP contribution in [0.2, 0.25) is 0 Å². The van der Waals surface area contributed by atoms with E-state index in [-0.39, 0.29) is 11.1 Å². The van der Waals surface area contributed by atoms with Crippen LogP contribution in [0.4, 0.5) is 10.1 Å². The van der Waals surface area contributed by atoms with Crippen molar-refractivity contribution in [3.63, 3.8) is 0 Å². The molecule has 0 aliphatic heterocycles. The van der Waals surface area contributed by atoms with E-state index in [1.807, 2.05) is 0 Å². The molecule has 1 heterocycles. The Kier molecular flexibility index (Phi) is 5.91. The number of ketones is 1. The molecular weight excluding hydrogens is 359 g/mol. The van der Waals surface area contributed by atoms with Crippen molar-refractivity contribution in [2.24, 2.45) is 0 Å². The number of hydrogen-bond acceptors (Lipinski definition) is 4. The number of carbonyl (C=O) groups is 2. The quantitative estimate of drug-likeness (QED) is 0.304. The number of nitrogens with zero attached hydrogens (tertiary/aromatic N) is 1. The van der Waals surface area contributed by atoms with Gasteiger partial charge in [0.05, 0.1) is 12.7 Å². The maximum Gasteiger partial charge on any atom is 0.259 e. The molecule has 0 aliphatic rings. The minimum Gasteiger partial charge on any atom is -0.497 e. The highest BCUT2D eigenvalue weighted by Crippen LogP contribution is 2.19. The van der Waals surface area contributed by atoms with E-state index < -0.39 is 17.5 Å². The maximum atomic E-state index is 13.2. The molecule has 3 rings (SSSR count). The van der Waals surface area contributed by atoms with E-state index in [1.54, 1.807) is 36.4 Å². The number of rotatable bonds is 6. The van der Waals surface area contributed by atoms with E-state index in [9.17, 15) is 14.0 Å². The number of hydrogen-bond donors (Lipinski definition) is 1. The molecule has 0 spiro atoms. The summed E-state index contributed by atoms with van der Waals surface area (Å²) in [5.74, 6) is -0.914. The van der Waals surface area contributed by atoms with E-state index in [4.69, 9.17) is 4.74 Å². The first-order valence-corrected chi connectivity index (χ1v) is 8.44. The van der Waals surface area contributed by atoms with Gasteiger partial charge in [-0.25, -0.2) is 4.39 Å². The highest BCUT2D eigenvalue weighted by Gasteiger charge is 2.20. The molecular formula is C22H17FN2O3. The molecule has 0 bridgehead atoms. The highest BCUT2D eigenvalue weighted by atomic mass is 19.1. The van der Waals surface area contributed by atoms with Crippen LogP contribution >= 0.6 is 0 Å². The summed E-state index contributed by atoms with van der Waals surface area (Å²) in [6, 6.07) is 15.5. The molecule has 2 aromatic carbocycles. The van der Waals surface area contributed by atoms with Gasteiger partial charge >= 0.3 is 0 Å². The van der Waals surface area contributed by atoms with E-state index in [1.165, 1.54) is 49.8 Å². The van der Waals surface area contributed by atoms with Crippen molar-refractivity contribution in [1.82, 2.24) is 4.98 Å². The lowest BCUT2D eigenvalue weighted by Crippen LogP contribution is -2.21. The molecule has 6 heteroatoms. The topological polar surface area (TPSA) is 68.3 Å². The van der Waals surface area contributed by atoms with Gasteiger partial charge in [0, 0.05) is 29.7 Å². The van der Waals surface area contributed by atoms with Crippen LogP contribution in [0.25, 0.3) is 6.08 Å². The van der Waals surface area contributed by atoms with Crippen molar-refractivity contribution >= 4 is 23.5 Å². The first-order chi connectivity index (χ1) is 13.6. The predicted octanol–water partition coefficient (Wildman–Crippen LogP) is 4.13. The third-order valence-corrected chi connectivity index (χ3v) is 3.92. The molecule has 5 nitrogen and oxygen atoms in total. The van der Waals surface area contributed by atoms with Gasteiger partial charge in [0.25, 0.3) is 5.91 Å². The number of anilines is 1. The summed E-state index contributed by atoms with van der Waals surface area (Å²) in [4.78, 5) is 29.7. The van der Waals surface area contributed by atoms with Crippen molar-refractivity contribution in [2.45, 2.75) is 0 Å². The van der Waals surface area contributed by atoms with Crippen LogP contribution in [0.1, 0.15) is 15.9 Å². The van der Waals surface area contributed by atoms with Crippen molar-refractivity contribution < 1.29 is 18.7 Å². The Labute approximate surface area is 161 Å². The number of ether oxygens (including phenoxy) is 1. The second-order valence-corrected chi connectivity index (χ2v) is 5.87. The zero-order valence-electron chi connectivity index (χ0n) is 15.1. The molecule has 0 atom stereocenters. The number of halogens is 1. The molecule has 1 N–H and O–H groups in total. The minimum atomic E-state index is -0.591. The number of benzene rings is 2. The average molecular weight is 376 g/mol. The molecule has 0 radical (unpaired) electrons. The van der Waals surface area contributed by atoms with Gasteiger partial charge < -0.3 is 10.1 Å².